The smallest absolute Gasteiger partial charge is 0.238 e. The minimum Gasteiger partial charge on any atom is -0.488 e. The van der Waals surface area contributed by atoms with E-state index in [-0.39, 0.29) is 18.4 Å². The Bertz CT molecular complexity index is 421. The molecule has 1 amide bonds. The molecule has 1 aromatic carbocycles. The molecule has 0 radical (unpaired) electrons. The Morgan fingerprint density at radius 1 is 1.50 bits per heavy atom. The van der Waals surface area contributed by atoms with Gasteiger partial charge in [-0.25, -0.2) is 4.39 Å². The van der Waals surface area contributed by atoms with Crippen molar-refractivity contribution in [2.24, 2.45) is 5.73 Å². The highest BCUT2D eigenvalue weighted by Gasteiger charge is 2.17. The van der Waals surface area contributed by atoms with Crippen LogP contribution in [0.15, 0.2) is 18.2 Å². The van der Waals surface area contributed by atoms with Crippen LogP contribution in [-0.2, 0) is 4.79 Å². The van der Waals surface area contributed by atoms with Crippen molar-refractivity contribution >= 4 is 5.91 Å². The van der Waals surface area contributed by atoms with E-state index >= 15 is 0 Å². The minimum absolute atomic E-state index is 0.00782. The van der Waals surface area contributed by atoms with Gasteiger partial charge in [0.2, 0.25) is 5.91 Å². The van der Waals surface area contributed by atoms with E-state index in [1.54, 1.807) is 19.1 Å². The number of nitrogens with one attached hydrogen (secondary N) is 1. The van der Waals surface area contributed by atoms with Gasteiger partial charge in [-0.05, 0) is 18.6 Å². The van der Waals surface area contributed by atoms with Crippen molar-refractivity contribution in [3.05, 3.63) is 29.6 Å². The number of amides is 1. The van der Waals surface area contributed by atoms with Crippen LogP contribution < -0.4 is 15.8 Å². The number of aryl methyl sites for hydroxylation is 1. The summed E-state index contributed by atoms with van der Waals surface area (Å²) < 4.78 is 19.0. The normalized spacial score (nSPS) is 12.5. The van der Waals surface area contributed by atoms with Crippen molar-refractivity contribution < 1.29 is 13.9 Å². The van der Waals surface area contributed by atoms with E-state index in [1.807, 2.05) is 13.8 Å². The Labute approximate surface area is 106 Å². The first-order chi connectivity index (χ1) is 8.41. The zero-order valence-electron chi connectivity index (χ0n) is 10.9. The average Bonchev–Trinajstić information content (AvgIpc) is 2.28. The van der Waals surface area contributed by atoms with Crippen molar-refractivity contribution in [1.82, 2.24) is 5.32 Å². The van der Waals surface area contributed by atoms with Gasteiger partial charge in [-0.1, -0.05) is 26.0 Å². The first-order valence-corrected chi connectivity index (χ1v) is 5.85. The zero-order chi connectivity index (χ0) is 13.7. The number of halogens is 1. The fraction of sp³-hybridized carbons (Fsp3) is 0.462. The second kappa shape index (κ2) is 6.35. The highest BCUT2D eigenvalue weighted by molar-refractivity contribution is 5.80. The molecule has 1 rings (SSSR count). The van der Waals surface area contributed by atoms with Gasteiger partial charge in [0.15, 0.2) is 11.6 Å². The van der Waals surface area contributed by atoms with Crippen LogP contribution >= 0.6 is 0 Å². The summed E-state index contributed by atoms with van der Waals surface area (Å²) in [5, 5.41) is 2.96. The number of carbonyl (C=O) groups is 1. The van der Waals surface area contributed by atoms with Crippen LogP contribution in [0.3, 0.4) is 0 Å². The lowest BCUT2D eigenvalue weighted by Gasteiger charge is -2.19. The van der Waals surface area contributed by atoms with Crippen LogP contribution in [0.1, 0.15) is 19.4 Å². The Morgan fingerprint density at radius 3 is 2.72 bits per heavy atom. The molecule has 0 spiro atoms. The Morgan fingerprint density at radius 2 is 2.17 bits per heavy atom. The summed E-state index contributed by atoms with van der Waals surface area (Å²) in [6.45, 7) is 5.44. The molecule has 0 aliphatic rings. The van der Waals surface area contributed by atoms with Gasteiger partial charge >= 0.3 is 0 Å². The van der Waals surface area contributed by atoms with Gasteiger partial charge in [0, 0.05) is 6.04 Å². The van der Waals surface area contributed by atoms with E-state index in [0.717, 1.165) is 0 Å². The molecule has 0 aliphatic heterocycles. The maximum Gasteiger partial charge on any atom is 0.238 e. The van der Waals surface area contributed by atoms with E-state index in [2.05, 4.69) is 5.32 Å². The van der Waals surface area contributed by atoms with Crippen molar-refractivity contribution in [2.45, 2.75) is 32.9 Å². The highest BCUT2D eigenvalue weighted by Crippen LogP contribution is 2.19. The van der Waals surface area contributed by atoms with Gasteiger partial charge in [0.1, 0.15) is 12.6 Å². The number of benzene rings is 1. The summed E-state index contributed by atoms with van der Waals surface area (Å²) in [4.78, 5) is 11.2. The lowest BCUT2D eigenvalue weighted by molar-refractivity contribution is -0.120. The zero-order valence-corrected chi connectivity index (χ0v) is 10.9. The maximum atomic E-state index is 13.7. The van der Waals surface area contributed by atoms with Crippen molar-refractivity contribution in [1.29, 1.82) is 0 Å². The molecule has 5 heteroatoms. The summed E-state index contributed by atoms with van der Waals surface area (Å²) in [7, 11) is 0. The second-order valence-electron chi connectivity index (χ2n) is 4.47. The Kier molecular flexibility index (Phi) is 5.09. The summed E-state index contributed by atoms with van der Waals surface area (Å²) >= 11 is 0. The van der Waals surface area contributed by atoms with Crippen LogP contribution in [0.25, 0.3) is 0 Å². The van der Waals surface area contributed by atoms with E-state index in [0.29, 0.717) is 5.56 Å². The predicted molar refractivity (Wildman–Crippen MR) is 67.9 cm³/mol. The number of primary amides is 1. The predicted octanol–water partition coefficient (Wildman–Crippen LogP) is 1.36. The van der Waals surface area contributed by atoms with Gasteiger partial charge in [-0.15, -0.1) is 0 Å². The molecule has 0 saturated carbocycles. The van der Waals surface area contributed by atoms with Crippen LogP contribution in [-0.4, -0.2) is 24.6 Å². The van der Waals surface area contributed by atoms with Gasteiger partial charge in [0.05, 0.1) is 0 Å². The standard InChI is InChI=1S/C13H19FN2O2/c1-8(2)16-10(13(15)17)7-18-11-6-4-5-9(3)12(11)14/h4-6,8,10,16H,7H2,1-3H3,(H2,15,17). The first kappa shape index (κ1) is 14.4. The van der Waals surface area contributed by atoms with Gasteiger partial charge in [-0.3, -0.25) is 4.79 Å². The van der Waals surface area contributed by atoms with E-state index in [9.17, 15) is 9.18 Å². The highest BCUT2D eigenvalue weighted by atomic mass is 19.1. The van der Waals surface area contributed by atoms with Crippen molar-refractivity contribution in [3.63, 3.8) is 0 Å². The maximum absolute atomic E-state index is 13.7. The molecule has 0 fully saturated rings. The van der Waals surface area contributed by atoms with E-state index < -0.39 is 17.8 Å². The fourth-order valence-electron chi connectivity index (χ4n) is 1.52. The molecule has 1 unspecified atom stereocenters. The first-order valence-electron chi connectivity index (χ1n) is 5.85. The molecule has 0 heterocycles. The lowest BCUT2D eigenvalue weighted by Crippen LogP contribution is -2.48. The lowest BCUT2D eigenvalue weighted by atomic mass is 10.2. The number of nitrogens with two attached hydrogens (primary N) is 1. The molecular formula is C13H19FN2O2. The molecule has 0 bridgehead atoms. The summed E-state index contributed by atoms with van der Waals surface area (Å²) in [6, 6.07) is 4.33. The monoisotopic (exact) mass is 254 g/mol. The van der Waals surface area contributed by atoms with E-state index in [1.165, 1.54) is 6.07 Å². The third-order valence-electron chi connectivity index (χ3n) is 2.44. The largest absolute Gasteiger partial charge is 0.488 e. The molecule has 4 nitrogen and oxygen atoms in total. The molecule has 100 valence electrons. The van der Waals surface area contributed by atoms with Crippen molar-refractivity contribution in [3.8, 4) is 5.75 Å². The Balaban J connectivity index is 2.67. The molecule has 0 aliphatic carbocycles. The SMILES string of the molecule is Cc1cccc(OCC(NC(C)C)C(N)=O)c1F. The number of hydrogen-bond acceptors (Lipinski definition) is 3. The third kappa shape index (κ3) is 4.00. The minimum atomic E-state index is -0.634. The van der Waals surface area contributed by atoms with Crippen molar-refractivity contribution in [2.75, 3.05) is 6.61 Å². The molecule has 1 atom stereocenters. The number of carbonyl (C=O) groups excluding carboxylic acids is 1. The van der Waals surface area contributed by atoms with Crippen LogP contribution in [0, 0.1) is 12.7 Å². The van der Waals surface area contributed by atoms with Gasteiger partial charge in [-0.2, -0.15) is 0 Å². The van der Waals surface area contributed by atoms with Gasteiger partial charge < -0.3 is 15.8 Å². The molecular weight excluding hydrogens is 235 g/mol. The van der Waals surface area contributed by atoms with Crippen LogP contribution in [0.5, 0.6) is 5.75 Å². The topological polar surface area (TPSA) is 64.3 Å². The summed E-state index contributed by atoms with van der Waals surface area (Å²) in [6.07, 6.45) is 0. The van der Waals surface area contributed by atoms with Crippen LogP contribution in [0.4, 0.5) is 4.39 Å². The Hall–Kier alpha value is -1.62. The van der Waals surface area contributed by atoms with Crippen LogP contribution in [0.2, 0.25) is 0 Å². The second-order valence-corrected chi connectivity index (χ2v) is 4.47. The van der Waals surface area contributed by atoms with E-state index in [4.69, 9.17) is 10.5 Å². The number of rotatable bonds is 6. The number of hydrogen-bond donors (Lipinski definition) is 2. The molecule has 18 heavy (non-hydrogen) atoms. The summed E-state index contributed by atoms with van der Waals surface area (Å²) in [5.74, 6) is -0.797. The summed E-state index contributed by atoms with van der Waals surface area (Å²) in [5.41, 5.74) is 5.74. The third-order valence-corrected chi connectivity index (χ3v) is 2.44. The number of ether oxygens (including phenoxy) is 1. The molecule has 0 aromatic heterocycles. The van der Waals surface area contributed by atoms with Gasteiger partial charge in [0.25, 0.3) is 0 Å². The molecule has 3 N–H and O–H groups in total. The quantitative estimate of drug-likeness (QED) is 0.805. The fourth-order valence-corrected chi connectivity index (χ4v) is 1.52. The average molecular weight is 254 g/mol. The molecule has 0 saturated heterocycles. The molecule has 1 aromatic rings.